The van der Waals surface area contributed by atoms with Crippen molar-refractivity contribution in [1.29, 1.82) is 0 Å². The van der Waals surface area contributed by atoms with Crippen molar-refractivity contribution in [2.24, 2.45) is 7.05 Å². The normalized spacial score (nSPS) is 21.4. The monoisotopic (exact) mass is 345 g/mol. The number of imidazole rings is 1. The number of aryl methyl sites for hydroxylation is 2. The van der Waals surface area contributed by atoms with Gasteiger partial charge in [0.25, 0.3) is 5.91 Å². The molecule has 0 bridgehead atoms. The summed E-state index contributed by atoms with van der Waals surface area (Å²) < 4.78 is 12.6. The summed E-state index contributed by atoms with van der Waals surface area (Å²) in [5.41, 5.74) is 2.54. The molecule has 0 spiro atoms. The van der Waals surface area contributed by atoms with E-state index in [2.05, 4.69) is 19.6 Å². The number of hydrogen-bond acceptors (Lipinski definition) is 6. The molecule has 1 unspecified atom stereocenters. The zero-order chi connectivity index (χ0) is 17.4. The molecule has 1 amide bonds. The standard InChI is InChI=1S/C17H23N5O3/c1-12-7-14(19-25-12)17(23)22-10-15-16(20(2)11-18-15)8-13(22)9-21-3-5-24-6-4-21/h7,11,13H,3-6,8-10H2,1-2H3. The molecule has 0 aromatic carbocycles. The third-order valence-electron chi connectivity index (χ3n) is 5.02. The van der Waals surface area contributed by atoms with Gasteiger partial charge in [-0.15, -0.1) is 0 Å². The van der Waals surface area contributed by atoms with Gasteiger partial charge in [0.1, 0.15) is 5.76 Å². The summed E-state index contributed by atoms with van der Waals surface area (Å²) in [6.45, 7) is 6.44. The molecule has 1 fully saturated rings. The molecule has 134 valence electrons. The van der Waals surface area contributed by atoms with Crippen LogP contribution in [-0.2, 0) is 24.8 Å². The second-order valence-corrected chi connectivity index (χ2v) is 6.78. The van der Waals surface area contributed by atoms with Gasteiger partial charge in [-0.25, -0.2) is 4.98 Å². The highest BCUT2D eigenvalue weighted by Crippen LogP contribution is 2.25. The fourth-order valence-electron chi connectivity index (χ4n) is 3.62. The van der Waals surface area contributed by atoms with Gasteiger partial charge in [0.05, 0.1) is 37.8 Å². The van der Waals surface area contributed by atoms with Gasteiger partial charge in [0.2, 0.25) is 0 Å². The Labute approximate surface area is 146 Å². The predicted octanol–water partition coefficient (Wildman–Crippen LogP) is 0.616. The second-order valence-electron chi connectivity index (χ2n) is 6.78. The van der Waals surface area contributed by atoms with E-state index in [0.717, 1.165) is 45.0 Å². The summed E-state index contributed by atoms with van der Waals surface area (Å²) in [7, 11) is 2.01. The number of nitrogens with zero attached hydrogens (tertiary/aromatic N) is 5. The first-order chi connectivity index (χ1) is 12.1. The Morgan fingerprint density at radius 3 is 2.88 bits per heavy atom. The van der Waals surface area contributed by atoms with E-state index >= 15 is 0 Å². The van der Waals surface area contributed by atoms with E-state index in [-0.39, 0.29) is 11.9 Å². The molecule has 0 N–H and O–H groups in total. The Morgan fingerprint density at radius 1 is 1.36 bits per heavy atom. The maximum absolute atomic E-state index is 13.0. The first kappa shape index (κ1) is 16.3. The van der Waals surface area contributed by atoms with Crippen molar-refractivity contribution in [3.05, 3.63) is 35.2 Å². The highest BCUT2D eigenvalue weighted by Gasteiger charge is 2.35. The summed E-state index contributed by atoms with van der Waals surface area (Å²) in [4.78, 5) is 21.7. The van der Waals surface area contributed by atoms with Crippen molar-refractivity contribution in [2.75, 3.05) is 32.8 Å². The number of fused-ring (bicyclic) bond motifs is 1. The highest BCUT2D eigenvalue weighted by atomic mass is 16.5. The molecule has 1 atom stereocenters. The van der Waals surface area contributed by atoms with E-state index in [4.69, 9.17) is 9.26 Å². The Balaban J connectivity index is 1.59. The number of morpholine rings is 1. The van der Waals surface area contributed by atoms with Gasteiger partial charge < -0.3 is 18.7 Å². The molecule has 2 aliphatic heterocycles. The van der Waals surface area contributed by atoms with Crippen molar-refractivity contribution in [2.45, 2.75) is 25.9 Å². The number of carbonyl (C=O) groups is 1. The van der Waals surface area contributed by atoms with E-state index in [0.29, 0.717) is 18.0 Å². The van der Waals surface area contributed by atoms with Crippen LogP contribution in [0.15, 0.2) is 16.9 Å². The first-order valence-corrected chi connectivity index (χ1v) is 8.65. The van der Waals surface area contributed by atoms with Crippen LogP contribution in [-0.4, -0.2) is 69.3 Å². The SMILES string of the molecule is Cc1cc(C(=O)N2Cc3ncn(C)c3CC2CN2CCOCC2)no1. The van der Waals surface area contributed by atoms with Gasteiger partial charge in [-0.1, -0.05) is 5.16 Å². The molecular weight excluding hydrogens is 322 g/mol. The number of amides is 1. The van der Waals surface area contributed by atoms with E-state index < -0.39 is 0 Å². The molecule has 4 heterocycles. The molecular formula is C17H23N5O3. The van der Waals surface area contributed by atoms with E-state index in [1.165, 1.54) is 5.69 Å². The van der Waals surface area contributed by atoms with Crippen LogP contribution in [0.3, 0.4) is 0 Å². The van der Waals surface area contributed by atoms with Gasteiger partial charge in [-0.2, -0.15) is 0 Å². The Kier molecular flexibility index (Phi) is 4.30. The maximum atomic E-state index is 13.0. The number of rotatable bonds is 3. The molecule has 0 saturated carbocycles. The van der Waals surface area contributed by atoms with Gasteiger partial charge in [0, 0.05) is 44.9 Å². The Hall–Kier alpha value is -2.19. The lowest BCUT2D eigenvalue weighted by atomic mass is 10.0. The average molecular weight is 345 g/mol. The largest absolute Gasteiger partial charge is 0.379 e. The summed E-state index contributed by atoms with van der Waals surface area (Å²) >= 11 is 0. The predicted molar refractivity (Wildman–Crippen MR) is 89.1 cm³/mol. The topological polar surface area (TPSA) is 76.6 Å². The lowest BCUT2D eigenvalue weighted by Gasteiger charge is -2.39. The van der Waals surface area contributed by atoms with Crippen LogP contribution >= 0.6 is 0 Å². The van der Waals surface area contributed by atoms with Gasteiger partial charge >= 0.3 is 0 Å². The van der Waals surface area contributed by atoms with Crippen molar-refractivity contribution < 1.29 is 14.1 Å². The third kappa shape index (κ3) is 3.19. The lowest BCUT2D eigenvalue weighted by Crippen LogP contribution is -2.52. The van der Waals surface area contributed by atoms with Crippen LogP contribution in [0.4, 0.5) is 0 Å². The van der Waals surface area contributed by atoms with Gasteiger partial charge in [-0.05, 0) is 6.92 Å². The minimum absolute atomic E-state index is 0.0884. The number of hydrogen-bond donors (Lipinski definition) is 0. The minimum Gasteiger partial charge on any atom is -0.379 e. The lowest BCUT2D eigenvalue weighted by molar-refractivity contribution is 0.0186. The van der Waals surface area contributed by atoms with Crippen molar-refractivity contribution >= 4 is 5.91 Å². The molecule has 0 aliphatic carbocycles. The van der Waals surface area contributed by atoms with E-state index in [1.54, 1.807) is 13.0 Å². The Bertz CT molecular complexity index is 762. The van der Waals surface area contributed by atoms with E-state index in [1.807, 2.05) is 18.3 Å². The fraction of sp³-hybridized carbons (Fsp3) is 0.588. The molecule has 8 heteroatoms. The number of ether oxygens (including phenoxy) is 1. The summed E-state index contributed by atoms with van der Waals surface area (Å²) in [6, 6.07) is 1.78. The van der Waals surface area contributed by atoms with Crippen LogP contribution in [0.1, 0.15) is 27.6 Å². The van der Waals surface area contributed by atoms with Gasteiger partial charge in [-0.3, -0.25) is 9.69 Å². The number of carbonyl (C=O) groups excluding carboxylic acids is 1. The molecule has 2 aromatic rings. The van der Waals surface area contributed by atoms with Crippen LogP contribution in [0.5, 0.6) is 0 Å². The molecule has 2 aromatic heterocycles. The summed E-state index contributed by atoms with van der Waals surface area (Å²) in [6.07, 6.45) is 2.62. The maximum Gasteiger partial charge on any atom is 0.276 e. The smallest absolute Gasteiger partial charge is 0.276 e. The van der Waals surface area contributed by atoms with Crippen molar-refractivity contribution in [1.82, 2.24) is 24.5 Å². The molecule has 1 saturated heterocycles. The fourth-order valence-corrected chi connectivity index (χ4v) is 3.62. The Morgan fingerprint density at radius 2 is 2.16 bits per heavy atom. The van der Waals surface area contributed by atoms with Crippen LogP contribution in [0, 0.1) is 6.92 Å². The molecule has 4 rings (SSSR count). The zero-order valence-corrected chi connectivity index (χ0v) is 14.6. The minimum atomic E-state index is -0.0913. The molecule has 25 heavy (non-hydrogen) atoms. The first-order valence-electron chi connectivity index (χ1n) is 8.65. The molecule has 8 nitrogen and oxygen atoms in total. The summed E-state index contributed by atoms with van der Waals surface area (Å²) in [5.74, 6) is 0.551. The third-order valence-corrected chi connectivity index (χ3v) is 5.02. The van der Waals surface area contributed by atoms with Crippen LogP contribution < -0.4 is 0 Å². The van der Waals surface area contributed by atoms with Gasteiger partial charge in [0.15, 0.2) is 5.69 Å². The molecule has 0 radical (unpaired) electrons. The number of aromatic nitrogens is 3. The molecule has 2 aliphatic rings. The van der Waals surface area contributed by atoms with Crippen molar-refractivity contribution in [3.8, 4) is 0 Å². The highest BCUT2D eigenvalue weighted by molar-refractivity contribution is 5.92. The second kappa shape index (κ2) is 6.61. The summed E-state index contributed by atoms with van der Waals surface area (Å²) in [5, 5.41) is 3.91. The van der Waals surface area contributed by atoms with Crippen LogP contribution in [0.2, 0.25) is 0 Å². The van der Waals surface area contributed by atoms with Crippen LogP contribution in [0.25, 0.3) is 0 Å². The van der Waals surface area contributed by atoms with E-state index in [9.17, 15) is 4.79 Å². The quantitative estimate of drug-likeness (QED) is 0.811. The average Bonchev–Trinajstić information content (AvgIpc) is 3.21. The van der Waals surface area contributed by atoms with Crippen molar-refractivity contribution in [3.63, 3.8) is 0 Å². The zero-order valence-electron chi connectivity index (χ0n) is 14.6.